The van der Waals surface area contributed by atoms with Gasteiger partial charge in [0.15, 0.2) is 0 Å². The third-order valence-corrected chi connectivity index (χ3v) is 4.55. The zero-order valence-corrected chi connectivity index (χ0v) is 14.7. The maximum atomic E-state index is 12.5. The van der Waals surface area contributed by atoms with Crippen molar-refractivity contribution in [1.82, 2.24) is 19.2 Å². The summed E-state index contributed by atoms with van der Waals surface area (Å²) in [6, 6.07) is 4.55. The quantitative estimate of drug-likeness (QED) is 0.830. The fourth-order valence-corrected chi connectivity index (χ4v) is 3.19. The molecule has 1 saturated heterocycles. The topological polar surface area (TPSA) is 75.0 Å². The van der Waals surface area contributed by atoms with Crippen LogP contribution < -0.4 is 5.56 Å². The maximum absolute atomic E-state index is 12.5. The molecule has 2 aromatic rings. The Labute approximate surface area is 145 Å². The summed E-state index contributed by atoms with van der Waals surface area (Å²) in [6.07, 6.45) is 2.48. The molecule has 1 fully saturated rings. The molecule has 0 aliphatic carbocycles. The van der Waals surface area contributed by atoms with Crippen LogP contribution in [-0.2, 0) is 16.1 Å². The Kier molecular flexibility index (Phi) is 4.57. The van der Waals surface area contributed by atoms with E-state index in [1.165, 1.54) is 15.4 Å². The van der Waals surface area contributed by atoms with Gasteiger partial charge in [-0.05, 0) is 31.9 Å². The summed E-state index contributed by atoms with van der Waals surface area (Å²) in [7, 11) is 0. The van der Waals surface area contributed by atoms with Crippen LogP contribution in [0.25, 0.3) is 5.65 Å². The van der Waals surface area contributed by atoms with E-state index in [9.17, 15) is 14.4 Å². The van der Waals surface area contributed by atoms with Crippen molar-refractivity contribution in [2.75, 3.05) is 13.1 Å². The molecule has 7 nitrogen and oxygen atoms in total. The summed E-state index contributed by atoms with van der Waals surface area (Å²) in [4.78, 5) is 44.8. The van der Waals surface area contributed by atoms with Gasteiger partial charge < -0.3 is 9.80 Å². The number of fused-ring (bicyclic) bond motifs is 1. The van der Waals surface area contributed by atoms with E-state index in [0.29, 0.717) is 17.9 Å². The zero-order chi connectivity index (χ0) is 18.1. The van der Waals surface area contributed by atoms with Crippen LogP contribution in [0.1, 0.15) is 31.5 Å². The highest BCUT2D eigenvalue weighted by molar-refractivity contribution is 5.94. The number of aromatic nitrogens is 2. The second-order valence-electron chi connectivity index (χ2n) is 6.43. The van der Waals surface area contributed by atoms with Gasteiger partial charge in [-0.15, -0.1) is 0 Å². The van der Waals surface area contributed by atoms with Crippen molar-refractivity contribution in [2.45, 2.75) is 39.8 Å². The summed E-state index contributed by atoms with van der Waals surface area (Å²) in [6.45, 7) is 6.41. The number of hydrogen-bond donors (Lipinski definition) is 0. The van der Waals surface area contributed by atoms with Gasteiger partial charge in [0.1, 0.15) is 11.7 Å². The van der Waals surface area contributed by atoms with E-state index in [1.54, 1.807) is 24.1 Å². The largest absolute Gasteiger partial charge is 0.332 e. The van der Waals surface area contributed by atoms with E-state index in [-0.39, 0.29) is 30.5 Å². The standard InChI is InChI=1S/C18H22N4O3/c1-4-7-20-11-16(24)22(13(3)18(20)25)10-14-9-15(23)21-8-5-6-12(2)17(21)19-14/h5-6,8-9,13H,4,7,10-11H2,1-3H3/t13-/m0/s1. The minimum absolute atomic E-state index is 0.0601. The molecule has 1 aliphatic heterocycles. The first kappa shape index (κ1) is 17.1. The molecule has 1 atom stereocenters. The number of hydrogen-bond acceptors (Lipinski definition) is 4. The number of aryl methyl sites for hydroxylation is 1. The summed E-state index contributed by atoms with van der Waals surface area (Å²) >= 11 is 0. The van der Waals surface area contributed by atoms with Crippen molar-refractivity contribution in [3.63, 3.8) is 0 Å². The van der Waals surface area contributed by atoms with Crippen molar-refractivity contribution >= 4 is 17.5 Å². The molecular weight excluding hydrogens is 320 g/mol. The smallest absolute Gasteiger partial charge is 0.258 e. The van der Waals surface area contributed by atoms with Gasteiger partial charge in [-0.25, -0.2) is 4.98 Å². The minimum Gasteiger partial charge on any atom is -0.332 e. The van der Waals surface area contributed by atoms with Crippen LogP contribution in [-0.4, -0.2) is 50.1 Å². The third-order valence-electron chi connectivity index (χ3n) is 4.55. The fraction of sp³-hybridized carbons (Fsp3) is 0.444. The molecule has 1 aliphatic rings. The molecule has 0 aromatic carbocycles. The Bertz CT molecular complexity index is 890. The average Bonchev–Trinajstić information content (AvgIpc) is 2.58. The summed E-state index contributed by atoms with van der Waals surface area (Å²) < 4.78 is 1.48. The highest BCUT2D eigenvalue weighted by Crippen LogP contribution is 2.16. The lowest BCUT2D eigenvalue weighted by molar-refractivity contribution is -0.155. The molecule has 0 bridgehead atoms. The van der Waals surface area contributed by atoms with Gasteiger partial charge in [0, 0.05) is 18.8 Å². The van der Waals surface area contributed by atoms with Crippen LogP contribution in [0.2, 0.25) is 0 Å². The molecule has 2 amide bonds. The first-order valence-electron chi connectivity index (χ1n) is 8.48. The van der Waals surface area contributed by atoms with E-state index in [2.05, 4.69) is 4.98 Å². The third kappa shape index (κ3) is 3.14. The normalized spacial score (nSPS) is 18.3. The lowest BCUT2D eigenvalue weighted by atomic mass is 10.1. The molecular formula is C18H22N4O3. The van der Waals surface area contributed by atoms with E-state index in [1.807, 2.05) is 19.9 Å². The second-order valence-corrected chi connectivity index (χ2v) is 6.43. The number of nitrogens with zero attached hydrogens (tertiary/aromatic N) is 4. The molecule has 0 N–H and O–H groups in total. The van der Waals surface area contributed by atoms with Gasteiger partial charge in [-0.2, -0.15) is 0 Å². The van der Waals surface area contributed by atoms with Gasteiger partial charge in [-0.1, -0.05) is 13.0 Å². The molecule has 7 heteroatoms. The Morgan fingerprint density at radius 3 is 2.76 bits per heavy atom. The molecule has 3 rings (SSSR count). The Morgan fingerprint density at radius 2 is 2.04 bits per heavy atom. The Balaban J connectivity index is 1.91. The van der Waals surface area contributed by atoms with E-state index >= 15 is 0 Å². The number of carbonyl (C=O) groups excluding carboxylic acids is 2. The summed E-state index contributed by atoms with van der Waals surface area (Å²) in [5.74, 6) is -0.178. The number of pyridine rings is 1. The van der Waals surface area contributed by atoms with Crippen LogP contribution in [0.5, 0.6) is 0 Å². The van der Waals surface area contributed by atoms with Crippen LogP contribution >= 0.6 is 0 Å². The Morgan fingerprint density at radius 1 is 1.28 bits per heavy atom. The van der Waals surface area contributed by atoms with Crippen LogP contribution in [0.3, 0.4) is 0 Å². The lowest BCUT2D eigenvalue weighted by Gasteiger charge is -2.38. The Hall–Kier alpha value is -2.70. The molecule has 0 saturated carbocycles. The molecule has 0 unspecified atom stereocenters. The summed E-state index contributed by atoms with van der Waals surface area (Å²) in [5, 5.41) is 0. The van der Waals surface area contributed by atoms with Crippen molar-refractivity contribution in [1.29, 1.82) is 0 Å². The molecule has 0 spiro atoms. The molecule has 0 radical (unpaired) electrons. The zero-order valence-electron chi connectivity index (χ0n) is 14.7. The van der Waals surface area contributed by atoms with Crippen molar-refractivity contribution < 1.29 is 9.59 Å². The van der Waals surface area contributed by atoms with Crippen LogP contribution in [0, 0.1) is 6.92 Å². The maximum Gasteiger partial charge on any atom is 0.258 e. The predicted molar refractivity (Wildman–Crippen MR) is 93.1 cm³/mol. The van der Waals surface area contributed by atoms with Gasteiger partial charge in [0.25, 0.3) is 5.56 Å². The predicted octanol–water partition coefficient (Wildman–Crippen LogP) is 0.972. The minimum atomic E-state index is -0.551. The van der Waals surface area contributed by atoms with Gasteiger partial charge in [0.2, 0.25) is 11.8 Å². The molecule has 3 heterocycles. The number of carbonyl (C=O) groups is 2. The fourth-order valence-electron chi connectivity index (χ4n) is 3.19. The average molecular weight is 342 g/mol. The highest BCUT2D eigenvalue weighted by Gasteiger charge is 2.36. The van der Waals surface area contributed by atoms with Crippen molar-refractivity contribution in [3.05, 3.63) is 46.0 Å². The number of amides is 2. The number of piperazine rings is 1. The summed E-state index contributed by atoms with van der Waals surface area (Å²) in [5.41, 5.74) is 1.75. The van der Waals surface area contributed by atoms with E-state index in [4.69, 9.17) is 0 Å². The highest BCUT2D eigenvalue weighted by atomic mass is 16.2. The van der Waals surface area contributed by atoms with E-state index in [0.717, 1.165) is 12.0 Å². The second kappa shape index (κ2) is 6.66. The first-order chi connectivity index (χ1) is 11.9. The SMILES string of the molecule is CCCN1CC(=O)N(Cc2cc(=O)n3cccc(C)c3n2)[C@@H](C)C1=O. The van der Waals surface area contributed by atoms with E-state index < -0.39 is 6.04 Å². The first-order valence-corrected chi connectivity index (χ1v) is 8.48. The lowest BCUT2D eigenvalue weighted by Crippen LogP contribution is -2.58. The van der Waals surface area contributed by atoms with Crippen LogP contribution in [0.15, 0.2) is 29.2 Å². The van der Waals surface area contributed by atoms with Gasteiger partial charge in [0.05, 0.1) is 18.8 Å². The van der Waals surface area contributed by atoms with Crippen molar-refractivity contribution in [3.8, 4) is 0 Å². The number of rotatable bonds is 4. The van der Waals surface area contributed by atoms with Gasteiger partial charge in [-0.3, -0.25) is 18.8 Å². The monoisotopic (exact) mass is 342 g/mol. The van der Waals surface area contributed by atoms with Crippen molar-refractivity contribution in [2.24, 2.45) is 0 Å². The van der Waals surface area contributed by atoms with Gasteiger partial charge >= 0.3 is 0 Å². The molecule has 25 heavy (non-hydrogen) atoms. The molecule has 132 valence electrons. The van der Waals surface area contributed by atoms with Crippen LogP contribution in [0.4, 0.5) is 0 Å². The molecule has 2 aromatic heterocycles.